The minimum absolute atomic E-state index is 0.107. The highest BCUT2D eigenvalue weighted by Gasteiger charge is 2.48. The molecule has 2 aliphatic heterocycles. The third-order valence-corrected chi connectivity index (χ3v) is 6.12. The van der Waals surface area contributed by atoms with Crippen molar-refractivity contribution in [3.05, 3.63) is 53.6 Å². The first-order valence-corrected chi connectivity index (χ1v) is 10.3. The lowest BCUT2D eigenvalue weighted by Gasteiger charge is -2.19. The van der Waals surface area contributed by atoms with Crippen LogP contribution in [0.4, 0.5) is 5.69 Å². The van der Waals surface area contributed by atoms with Crippen molar-refractivity contribution >= 4 is 23.4 Å². The van der Waals surface area contributed by atoms with Gasteiger partial charge in [-0.2, -0.15) is 0 Å². The highest BCUT2D eigenvalue weighted by atomic mass is 16.7. The van der Waals surface area contributed by atoms with Crippen LogP contribution < -0.4 is 19.7 Å². The molecule has 154 valence electrons. The number of carbonyl (C=O) groups is 3. The van der Waals surface area contributed by atoms with Gasteiger partial charge in [0.1, 0.15) is 0 Å². The molecule has 2 heterocycles. The summed E-state index contributed by atoms with van der Waals surface area (Å²) in [5, 5.41) is 2.87. The van der Waals surface area contributed by atoms with Gasteiger partial charge in [0.2, 0.25) is 18.6 Å². The standard InChI is InChI=1S/C23H22N2O5/c26-21(24-12-14-5-10-19-20(11-14)30-13-29-19)15-6-8-16(9-7-15)25-22(27)17-3-1-2-4-18(17)23(25)28/h5-11,17-18H,1-4,12-13H2,(H,24,26)/t17-,18+. The Morgan fingerprint density at radius 2 is 1.60 bits per heavy atom. The molecular weight excluding hydrogens is 384 g/mol. The van der Waals surface area contributed by atoms with Crippen LogP contribution in [0.2, 0.25) is 0 Å². The summed E-state index contributed by atoms with van der Waals surface area (Å²) in [5.74, 6) is 0.561. The first-order chi connectivity index (χ1) is 14.6. The zero-order valence-electron chi connectivity index (χ0n) is 16.4. The Morgan fingerprint density at radius 3 is 2.30 bits per heavy atom. The topological polar surface area (TPSA) is 84.9 Å². The molecule has 5 rings (SSSR count). The zero-order chi connectivity index (χ0) is 20.7. The molecule has 1 aliphatic carbocycles. The van der Waals surface area contributed by atoms with Gasteiger partial charge in [-0.1, -0.05) is 18.9 Å². The molecule has 0 unspecified atom stereocenters. The lowest BCUT2D eigenvalue weighted by atomic mass is 9.81. The van der Waals surface area contributed by atoms with Crippen LogP contribution >= 0.6 is 0 Å². The minimum atomic E-state index is -0.230. The Balaban J connectivity index is 1.25. The number of nitrogens with one attached hydrogen (secondary N) is 1. The fraction of sp³-hybridized carbons (Fsp3) is 0.348. The molecule has 2 aromatic rings. The summed E-state index contributed by atoms with van der Waals surface area (Å²) in [6, 6.07) is 12.2. The predicted octanol–water partition coefficient (Wildman–Crippen LogP) is 3.02. The third-order valence-electron chi connectivity index (χ3n) is 6.12. The van der Waals surface area contributed by atoms with Gasteiger partial charge in [-0.05, 0) is 54.8 Å². The Hall–Kier alpha value is -3.35. The highest BCUT2D eigenvalue weighted by molar-refractivity contribution is 6.22. The first-order valence-electron chi connectivity index (χ1n) is 10.3. The van der Waals surface area contributed by atoms with E-state index in [4.69, 9.17) is 9.47 Å². The summed E-state index contributed by atoms with van der Waals surface area (Å²) in [7, 11) is 0. The number of ether oxygens (including phenoxy) is 2. The SMILES string of the molecule is O=C(NCc1ccc2c(c1)OCO2)c1ccc(N2C(=O)[C@H]3CCCC[C@H]3C2=O)cc1. The largest absolute Gasteiger partial charge is 0.454 e. The number of rotatable bonds is 4. The Kier molecular flexibility index (Phi) is 4.65. The normalized spacial score (nSPS) is 22.2. The Labute approximate surface area is 174 Å². The van der Waals surface area contributed by atoms with Crippen LogP contribution in [0, 0.1) is 11.8 Å². The molecule has 0 spiro atoms. The van der Waals surface area contributed by atoms with Crippen molar-refractivity contribution in [2.45, 2.75) is 32.2 Å². The molecule has 30 heavy (non-hydrogen) atoms. The molecule has 1 N–H and O–H groups in total. The van der Waals surface area contributed by atoms with Gasteiger partial charge >= 0.3 is 0 Å². The summed E-state index contributed by atoms with van der Waals surface area (Å²) < 4.78 is 10.6. The van der Waals surface area contributed by atoms with Crippen LogP contribution in [-0.4, -0.2) is 24.5 Å². The molecule has 3 amide bonds. The quantitative estimate of drug-likeness (QED) is 0.789. The van der Waals surface area contributed by atoms with Crippen LogP contribution in [-0.2, 0) is 16.1 Å². The zero-order valence-corrected chi connectivity index (χ0v) is 16.4. The molecule has 1 saturated carbocycles. The van der Waals surface area contributed by atoms with Crippen LogP contribution in [0.1, 0.15) is 41.6 Å². The average molecular weight is 406 g/mol. The van der Waals surface area contributed by atoms with E-state index in [2.05, 4.69) is 5.32 Å². The number of hydrogen-bond acceptors (Lipinski definition) is 5. The highest BCUT2D eigenvalue weighted by Crippen LogP contribution is 2.40. The van der Waals surface area contributed by atoms with E-state index < -0.39 is 0 Å². The number of hydrogen-bond donors (Lipinski definition) is 1. The number of nitrogens with zero attached hydrogens (tertiary/aromatic N) is 1. The molecule has 1 saturated heterocycles. The van der Waals surface area contributed by atoms with E-state index in [-0.39, 0.29) is 36.4 Å². The van der Waals surface area contributed by atoms with E-state index in [0.717, 1.165) is 31.2 Å². The van der Waals surface area contributed by atoms with Gasteiger partial charge in [-0.25, -0.2) is 0 Å². The molecule has 2 fully saturated rings. The second-order valence-corrected chi connectivity index (χ2v) is 7.93. The number of benzene rings is 2. The van der Waals surface area contributed by atoms with Crippen molar-refractivity contribution in [2.24, 2.45) is 11.8 Å². The summed E-state index contributed by atoms with van der Waals surface area (Å²) >= 11 is 0. The van der Waals surface area contributed by atoms with Gasteiger partial charge in [0.15, 0.2) is 11.5 Å². The first kappa shape index (κ1) is 18.7. The number of imide groups is 1. The van der Waals surface area contributed by atoms with E-state index in [0.29, 0.717) is 29.3 Å². The molecule has 0 bridgehead atoms. The number of carbonyl (C=O) groups excluding carboxylic acids is 3. The average Bonchev–Trinajstić information content (AvgIpc) is 3.35. The molecule has 7 nitrogen and oxygen atoms in total. The Morgan fingerprint density at radius 1 is 0.933 bits per heavy atom. The van der Waals surface area contributed by atoms with Crippen LogP contribution in [0.5, 0.6) is 11.5 Å². The van der Waals surface area contributed by atoms with Crippen molar-refractivity contribution in [3.63, 3.8) is 0 Å². The summed E-state index contributed by atoms with van der Waals surface area (Å²) in [6.07, 6.45) is 3.56. The van der Waals surface area contributed by atoms with Gasteiger partial charge < -0.3 is 14.8 Å². The van der Waals surface area contributed by atoms with E-state index in [1.54, 1.807) is 24.3 Å². The van der Waals surface area contributed by atoms with Gasteiger partial charge in [0.05, 0.1) is 17.5 Å². The smallest absolute Gasteiger partial charge is 0.251 e. The van der Waals surface area contributed by atoms with Crippen molar-refractivity contribution in [1.29, 1.82) is 0 Å². The van der Waals surface area contributed by atoms with E-state index in [1.165, 1.54) is 4.90 Å². The molecule has 2 atom stereocenters. The van der Waals surface area contributed by atoms with Crippen LogP contribution in [0.15, 0.2) is 42.5 Å². The van der Waals surface area contributed by atoms with Crippen molar-refractivity contribution in [2.75, 3.05) is 11.7 Å². The maximum absolute atomic E-state index is 12.7. The third kappa shape index (κ3) is 3.20. The molecule has 0 radical (unpaired) electrons. The van der Waals surface area contributed by atoms with Crippen molar-refractivity contribution in [1.82, 2.24) is 5.32 Å². The van der Waals surface area contributed by atoms with Gasteiger partial charge in [-0.15, -0.1) is 0 Å². The van der Waals surface area contributed by atoms with Crippen LogP contribution in [0.25, 0.3) is 0 Å². The second kappa shape index (κ2) is 7.48. The van der Waals surface area contributed by atoms with E-state index in [9.17, 15) is 14.4 Å². The molecular formula is C23H22N2O5. The maximum Gasteiger partial charge on any atom is 0.251 e. The van der Waals surface area contributed by atoms with Gasteiger partial charge in [-0.3, -0.25) is 19.3 Å². The van der Waals surface area contributed by atoms with Crippen LogP contribution in [0.3, 0.4) is 0 Å². The summed E-state index contributed by atoms with van der Waals surface area (Å²) in [4.78, 5) is 39.2. The number of amides is 3. The predicted molar refractivity (Wildman–Crippen MR) is 108 cm³/mol. The summed E-state index contributed by atoms with van der Waals surface area (Å²) in [6.45, 7) is 0.560. The van der Waals surface area contributed by atoms with Crippen molar-refractivity contribution in [3.8, 4) is 11.5 Å². The summed E-state index contributed by atoms with van der Waals surface area (Å²) in [5.41, 5.74) is 1.91. The fourth-order valence-electron chi connectivity index (χ4n) is 4.51. The van der Waals surface area contributed by atoms with E-state index in [1.807, 2.05) is 18.2 Å². The fourth-order valence-corrected chi connectivity index (χ4v) is 4.51. The lowest BCUT2D eigenvalue weighted by Crippen LogP contribution is -2.31. The second-order valence-electron chi connectivity index (χ2n) is 7.93. The minimum Gasteiger partial charge on any atom is -0.454 e. The van der Waals surface area contributed by atoms with Gasteiger partial charge in [0.25, 0.3) is 5.91 Å². The number of anilines is 1. The number of fused-ring (bicyclic) bond motifs is 2. The van der Waals surface area contributed by atoms with E-state index >= 15 is 0 Å². The van der Waals surface area contributed by atoms with Crippen molar-refractivity contribution < 1.29 is 23.9 Å². The molecule has 0 aromatic heterocycles. The molecule has 2 aromatic carbocycles. The maximum atomic E-state index is 12.7. The monoisotopic (exact) mass is 406 g/mol. The van der Waals surface area contributed by atoms with Gasteiger partial charge in [0, 0.05) is 12.1 Å². The molecule has 3 aliphatic rings. The lowest BCUT2D eigenvalue weighted by molar-refractivity contribution is -0.122. The molecule has 7 heteroatoms. The Bertz CT molecular complexity index is 993.